The smallest absolute Gasteiger partial charge is 0.311 e. The number of halogens is 2. The van der Waals surface area contributed by atoms with Gasteiger partial charge in [-0.05, 0) is 37.3 Å². The molecule has 0 spiro atoms. The quantitative estimate of drug-likeness (QED) is 0.176. The molecule has 194 valence electrons. The van der Waals surface area contributed by atoms with E-state index in [2.05, 4.69) is 43.8 Å². The molecule has 5 N–H and O–H groups in total. The predicted molar refractivity (Wildman–Crippen MR) is 148 cm³/mol. The highest BCUT2D eigenvalue weighted by Gasteiger charge is 2.16. The number of nitro groups is 1. The normalized spacial score (nSPS) is 13.9. The number of hydrogen-bond acceptors (Lipinski definition) is 10. The zero-order valence-electron chi connectivity index (χ0n) is 20.2. The van der Waals surface area contributed by atoms with Crippen molar-refractivity contribution in [2.75, 3.05) is 55.6 Å². The summed E-state index contributed by atoms with van der Waals surface area (Å²) in [6.45, 7) is 6.74. The second-order valence-electron chi connectivity index (χ2n) is 8.36. The van der Waals surface area contributed by atoms with Crippen LogP contribution in [0, 0.1) is 10.1 Å². The van der Waals surface area contributed by atoms with Crippen LogP contribution in [0.4, 0.5) is 23.3 Å². The first-order valence-corrected chi connectivity index (χ1v) is 12.4. The van der Waals surface area contributed by atoms with Gasteiger partial charge in [0.05, 0.1) is 15.6 Å². The summed E-state index contributed by atoms with van der Waals surface area (Å²) in [4.78, 5) is 25.9. The van der Waals surface area contributed by atoms with E-state index in [9.17, 15) is 10.1 Å². The standard InChI is InChI=1S/C24H27Cl2N9O2/c1-15(34-10-8-28-9-11-34)12-16-14-31-24(33-22(16)18-3-2-17(25)13-19(18)26)30-7-6-29-21-5-4-20(35(36)37)23(27)32-21/h2-5,12-14,28H,6-11H2,1H3,(H3,27,29,32)(H,30,31,33)/b15-12-. The van der Waals surface area contributed by atoms with E-state index in [1.807, 2.05) is 6.07 Å². The topological polar surface area (TPSA) is 147 Å². The molecule has 1 aliphatic rings. The summed E-state index contributed by atoms with van der Waals surface area (Å²) in [6, 6.07) is 8.14. The van der Waals surface area contributed by atoms with Crippen molar-refractivity contribution in [2.24, 2.45) is 0 Å². The van der Waals surface area contributed by atoms with Crippen molar-refractivity contribution in [1.82, 2.24) is 25.2 Å². The van der Waals surface area contributed by atoms with Crippen molar-refractivity contribution in [3.05, 3.63) is 67.9 Å². The molecule has 3 heterocycles. The zero-order chi connectivity index (χ0) is 26.4. The summed E-state index contributed by atoms with van der Waals surface area (Å²) >= 11 is 12.7. The van der Waals surface area contributed by atoms with E-state index >= 15 is 0 Å². The van der Waals surface area contributed by atoms with E-state index in [0.29, 0.717) is 40.6 Å². The maximum atomic E-state index is 10.9. The van der Waals surface area contributed by atoms with Gasteiger partial charge in [-0.15, -0.1) is 0 Å². The molecule has 0 bridgehead atoms. The summed E-state index contributed by atoms with van der Waals surface area (Å²) in [5, 5.41) is 21.6. The molecule has 1 saturated heterocycles. The first-order valence-electron chi connectivity index (χ1n) is 11.7. The van der Waals surface area contributed by atoms with Crippen molar-refractivity contribution >= 4 is 52.5 Å². The molecule has 0 amide bonds. The van der Waals surface area contributed by atoms with Gasteiger partial charge >= 0.3 is 5.69 Å². The van der Waals surface area contributed by atoms with Gasteiger partial charge in [0, 0.05) is 73.4 Å². The average molecular weight is 544 g/mol. The summed E-state index contributed by atoms with van der Waals surface area (Å²) in [6.07, 6.45) is 3.84. The SMILES string of the molecule is C/C(=C/c1cnc(NCCNc2ccc([N+](=O)[O-])c(N)n2)nc1-c1ccc(Cl)cc1Cl)N1CCNCC1. The van der Waals surface area contributed by atoms with E-state index in [0.717, 1.165) is 43.0 Å². The lowest BCUT2D eigenvalue weighted by Gasteiger charge is -2.30. The Balaban J connectivity index is 1.50. The molecule has 1 aliphatic heterocycles. The van der Waals surface area contributed by atoms with Crippen LogP contribution in [-0.2, 0) is 0 Å². The Bertz CT molecular complexity index is 1310. The van der Waals surface area contributed by atoms with Crippen LogP contribution in [0.25, 0.3) is 17.3 Å². The number of piperazine rings is 1. The molecule has 13 heteroatoms. The maximum absolute atomic E-state index is 10.9. The van der Waals surface area contributed by atoms with Crippen LogP contribution < -0.4 is 21.7 Å². The molecule has 11 nitrogen and oxygen atoms in total. The van der Waals surface area contributed by atoms with Crippen LogP contribution in [-0.4, -0.2) is 64.0 Å². The lowest BCUT2D eigenvalue weighted by atomic mass is 10.1. The van der Waals surface area contributed by atoms with Gasteiger partial charge in [-0.2, -0.15) is 0 Å². The molecular weight excluding hydrogens is 517 g/mol. The highest BCUT2D eigenvalue weighted by molar-refractivity contribution is 6.36. The Morgan fingerprint density at radius 3 is 2.65 bits per heavy atom. The summed E-state index contributed by atoms with van der Waals surface area (Å²) in [5.41, 5.74) is 8.82. The van der Waals surface area contributed by atoms with Crippen molar-refractivity contribution in [3.63, 3.8) is 0 Å². The fourth-order valence-corrected chi connectivity index (χ4v) is 4.40. The summed E-state index contributed by atoms with van der Waals surface area (Å²) in [7, 11) is 0. The zero-order valence-corrected chi connectivity index (χ0v) is 21.7. The number of aromatic nitrogens is 3. The van der Waals surface area contributed by atoms with Gasteiger partial charge in [0.2, 0.25) is 11.8 Å². The molecule has 2 aromatic heterocycles. The molecule has 1 fully saturated rings. The summed E-state index contributed by atoms with van der Waals surface area (Å²) < 4.78 is 0. The lowest BCUT2D eigenvalue weighted by Crippen LogP contribution is -2.42. The Labute approximate surface area is 224 Å². The number of hydrogen-bond donors (Lipinski definition) is 4. The fourth-order valence-electron chi connectivity index (χ4n) is 3.90. The largest absolute Gasteiger partial charge is 0.378 e. The van der Waals surface area contributed by atoms with Gasteiger partial charge in [0.15, 0.2) is 0 Å². The number of rotatable bonds is 9. The van der Waals surface area contributed by atoms with Gasteiger partial charge in [-0.1, -0.05) is 23.2 Å². The molecule has 0 radical (unpaired) electrons. The number of nitrogens with one attached hydrogen (secondary N) is 3. The third-order valence-corrected chi connectivity index (χ3v) is 6.34. The van der Waals surface area contributed by atoms with Gasteiger partial charge < -0.3 is 26.6 Å². The first-order chi connectivity index (χ1) is 17.8. The molecule has 0 saturated carbocycles. The number of nitrogens with zero attached hydrogens (tertiary/aromatic N) is 5. The molecule has 4 rings (SSSR count). The van der Waals surface area contributed by atoms with Crippen molar-refractivity contribution < 1.29 is 4.92 Å². The average Bonchev–Trinajstić information content (AvgIpc) is 2.88. The monoisotopic (exact) mass is 543 g/mol. The van der Waals surface area contributed by atoms with E-state index < -0.39 is 4.92 Å². The van der Waals surface area contributed by atoms with Crippen LogP contribution in [0.2, 0.25) is 10.0 Å². The number of nitrogens with two attached hydrogens (primary N) is 1. The fraction of sp³-hybridized carbons (Fsp3) is 0.292. The minimum Gasteiger partial charge on any atom is -0.378 e. The third-order valence-electron chi connectivity index (χ3n) is 5.80. The highest BCUT2D eigenvalue weighted by Crippen LogP contribution is 2.33. The molecule has 37 heavy (non-hydrogen) atoms. The van der Waals surface area contributed by atoms with Gasteiger partial charge in [0.1, 0.15) is 5.82 Å². The first kappa shape index (κ1) is 26.4. The Hall–Kier alpha value is -3.67. The van der Waals surface area contributed by atoms with Crippen molar-refractivity contribution in [2.45, 2.75) is 6.92 Å². The van der Waals surface area contributed by atoms with E-state index in [1.165, 1.54) is 12.1 Å². The number of benzene rings is 1. The van der Waals surface area contributed by atoms with Gasteiger partial charge in [0.25, 0.3) is 0 Å². The second-order valence-corrected chi connectivity index (χ2v) is 9.20. The lowest BCUT2D eigenvalue weighted by molar-refractivity contribution is -0.384. The Kier molecular flexibility index (Phi) is 8.59. The van der Waals surface area contributed by atoms with Crippen LogP contribution in [0.5, 0.6) is 0 Å². The van der Waals surface area contributed by atoms with E-state index in [-0.39, 0.29) is 11.5 Å². The number of allylic oxidation sites excluding steroid dienone is 1. The second kappa shape index (κ2) is 12.0. The molecule has 1 aromatic carbocycles. The van der Waals surface area contributed by atoms with Gasteiger partial charge in [-0.3, -0.25) is 10.1 Å². The maximum Gasteiger partial charge on any atom is 0.311 e. The van der Waals surface area contributed by atoms with Crippen LogP contribution in [0.1, 0.15) is 12.5 Å². The van der Waals surface area contributed by atoms with Crippen LogP contribution in [0.3, 0.4) is 0 Å². The molecule has 0 aliphatic carbocycles. The highest BCUT2D eigenvalue weighted by atomic mass is 35.5. The Morgan fingerprint density at radius 2 is 1.95 bits per heavy atom. The molecule has 0 unspecified atom stereocenters. The minimum absolute atomic E-state index is 0.143. The predicted octanol–water partition coefficient (Wildman–Crippen LogP) is 4.13. The third kappa shape index (κ3) is 6.76. The van der Waals surface area contributed by atoms with Crippen LogP contribution in [0.15, 0.2) is 42.2 Å². The van der Waals surface area contributed by atoms with Crippen LogP contribution >= 0.6 is 23.2 Å². The summed E-state index contributed by atoms with van der Waals surface area (Å²) in [5.74, 6) is 0.717. The Morgan fingerprint density at radius 1 is 1.19 bits per heavy atom. The van der Waals surface area contributed by atoms with Gasteiger partial charge in [-0.25, -0.2) is 15.0 Å². The molecule has 0 atom stereocenters. The number of anilines is 3. The number of pyridine rings is 1. The van der Waals surface area contributed by atoms with Crippen molar-refractivity contribution in [1.29, 1.82) is 0 Å². The molecular formula is C24H27Cl2N9O2. The number of nitrogen functional groups attached to an aromatic ring is 1. The molecule has 3 aromatic rings. The minimum atomic E-state index is -0.570. The van der Waals surface area contributed by atoms with Crippen molar-refractivity contribution in [3.8, 4) is 11.3 Å². The van der Waals surface area contributed by atoms with E-state index in [4.69, 9.17) is 33.9 Å². The van der Waals surface area contributed by atoms with E-state index in [1.54, 1.807) is 18.3 Å².